The maximum absolute atomic E-state index is 11.0. The molecular weight excluding hydrogens is 300 g/mol. The van der Waals surface area contributed by atoms with E-state index < -0.39 is 5.91 Å². The Morgan fingerprint density at radius 1 is 1.12 bits per heavy atom. The number of carbonyl (C=O) groups is 1. The lowest BCUT2D eigenvalue weighted by molar-refractivity contribution is -0.124. The van der Waals surface area contributed by atoms with E-state index in [9.17, 15) is 4.79 Å². The lowest BCUT2D eigenvalue weighted by atomic mass is 10.0. The Hall–Kier alpha value is -2.43. The molecular formula is C20H22N2O2. The van der Waals surface area contributed by atoms with Gasteiger partial charge in [-0.15, -0.1) is 0 Å². The summed E-state index contributed by atoms with van der Waals surface area (Å²) in [7, 11) is 0. The van der Waals surface area contributed by atoms with Gasteiger partial charge in [0, 0.05) is 18.2 Å². The Morgan fingerprint density at radius 2 is 1.88 bits per heavy atom. The lowest BCUT2D eigenvalue weighted by Gasteiger charge is -2.15. The van der Waals surface area contributed by atoms with E-state index >= 15 is 0 Å². The van der Waals surface area contributed by atoms with Crippen molar-refractivity contribution in [1.29, 1.82) is 0 Å². The molecule has 0 saturated carbocycles. The highest BCUT2D eigenvalue weighted by atomic mass is 16.5. The van der Waals surface area contributed by atoms with E-state index in [4.69, 9.17) is 5.21 Å². The summed E-state index contributed by atoms with van der Waals surface area (Å²) in [6.45, 7) is 0. The zero-order valence-electron chi connectivity index (χ0n) is 13.5. The van der Waals surface area contributed by atoms with Gasteiger partial charge in [-0.05, 0) is 42.0 Å². The number of amides is 1. The molecule has 1 fully saturated rings. The summed E-state index contributed by atoms with van der Waals surface area (Å²) < 4.78 is 0. The highest BCUT2D eigenvalue weighted by molar-refractivity contribution is 5.90. The number of hydroxylamine groups is 1. The second-order valence-corrected chi connectivity index (χ2v) is 6.16. The van der Waals surface area contributed by atoms with Crippen molar-refractivity contribution in [3.8, 4) is 0 Å². The Morgan fingerprint density at radius 3 is 2.58 bits per heavy atom. The minimum Gasteiger partial charge on any atom is -0.307 e. The maximum atomic E-state index is 11.0. The van der Waals surface area contributed by atoms with Gasteiger partial charge in [0.1, 0.15) is 0 Å². The van der Waals surface area contributed by atoms with Gasteiger partial charge in [-0.2, -0.15) is 0 Å². The lowest BCUT2D eigenvalue weighted by Crippen LogP contribution is -2.26. The second-order valence-electron chi connectivity index (χ2n) is 6.16. The molecule has 0 aromatic heterocycles. The highest BCUT2D eigenvalue weighted by Gasteiger charge is 2.24. The number of nitrogens with one attached hydrogen (secondary N) is 2. The van der Waals surface area contributed by atoms with Gasteiger partial charge in [0.05, 0.1) is 0 Å². The van der Waals surface area contributed by atoms with Crippen LogP contribution in [0.25, 0.3) is 6.08 Å². The summed E-state index contributed by atoms with van der Waals surface area (Å²) in [6.07, 6.45) is 6.36. The van der Waals surface area contributed by atoms with Crippen molar-refractivity contribution < 1.29 is 10.0 Å². The molecule has 124 valence electrons. The molecule has 24 heavy (non-hydrogen) atoms. The molecule has 1 amide bonds. The Kier molecular flexibility index (Phi) is 5.41. The first-order chi connectivity index (χ1) is 11.7. The third-order valence-electron chi connectivity index (χ3n) is 4.44. The predicted octanol–water partition coefficient (Wildman–Crippen LogP) is 3.24. The zero-order valence-corrected chi connectivity index (χ0v) is 13.5. The van der Waals surface area contributed by atoms with E-state index in [1.165, 1.54) is 23.6 Å². The van der Waals surface area contributed by atoms with E-state index in [1.54, 1.807) is 11.6 Å². The summed E-state index contributed by atoms with van der Waals surface area (Å²) in [4.78, 5) is 11.0. The summed E-state index contributed by atoms with van der Waals surface area (Å²) in [6, 6.07) is 19.7. The van der Waals surface area contributed by atoms with Crippen LogP contribution in [0, 0.1) is 0 Å². The molecule has 1 saturated heterocycles. The number of carbonyl (C=O) groups excluding carboxylic acids is 1. The molecule has 2 aromatic rings. The normalized spacial score (nSPS) is 20.4. The van der Waals surface area contributed by atoms with Gasteiger partial charge in [0.2, 0.25) is 0 Å². The third-order valence-corrected chi connectivity index (χ3v) is 4.44. The standard InChI is InChI=1S/C20H22N2O2/c23-20(22-24)13-8-15-6-9-17(10-7-15)19-12-11-18(21-19)14-16-4-2-1-3-5-16/h1-10,13,18-19,21,24H,11-12,14H2,(H,22,23)/b13-8+. The van der Waals surface area contributed by atoms with Crippen molar-refractivity contribution in [3.05, 3.63) is 77.4 Å². The molecule has 0 bridgehead atoms. The van der Waals surface area contributed by atoms with E-state index in [1.807, 2.05) is 12.1 Å². The van der Waals surface area contributed by atoms with Crippen molar-refractivity contribution in [2.75, 3.05) is 0 Å². The summed E-state index contributed by atoms with van der Waals surface area (Å²) >= 11 is 0. The Balaban J connectivity index is 1.57. The van der Waals surface area contributed by atoms with Crippen LogP contribution >= 0.6 is 0 Å². The smallest absolute Gasteiger partial charge is 0.267 e. The molecule has 0 aliphatic carbocycles. The first-order valence-electron chi connectivity index (χ1n) is 8.26. The van der Waals surface area contributed by atoms with Crippen LogP contribution in [0.4, 0.5) is 0 Å². The van der Waals surface area contributed by atoms with E-state index in [0.717, 1.165) is 18.4 Å². The Bertz CT molecular complexity index is 695. The van der Waals surface area contributed by atoms with Crippen LogP contribution < -0.4 is 10.8 Å². The van der Waals surface area contributed by atoms with Crippen LogP contribution in [0.2, 0.25) is 0 Å². The van der Waals surface area contributed by atoms with Gasteiger partial charge in [-0.25, -0.2) is 5.48 Å². The molecule has 1 aliphatic heterocycles. The average molecular weight is 322 g/mol. The zero-order chi connectivity index (χ0) is 16.8. The van der Waals surface area contributed by atoms with Crippen LogP contribution in [0.1, 0.15) is 35.6 Å². The first kappa shape index (κ1) is 16.4. The molecule has 0 spiro atoms. The van der Waals surface area contributed by atoms with Crippen LogP contribution in [0.3, 0.4) is 0 Å². The SMILES string of the molecule is O=C(/C=C/c1ccc(C2CCC(Cc3ccccc3)N2)cc1)NO. The molecule has 0 radical (unpaired) electrons. The summed E-state index contributed by atoms with van der Waals surface area (Å²) in [5.41, 5.74) is 5.16. The fourth-order valence-corrected chi connectivity index (χ4v) is 3.19. The van der Waals surface area contributed by atoms with Crippen LogP contribution in [0.5, 0.6) is 0 Å². The van der Waals surface area contributed by atoms with Gasteiger partial charge >= 0.3 is 0 Å². The number of hydrogen-bond acceptors (Lipinski definition) is 3. The molecule has 3 N–H and O–H groups in total. The van der Waals surface area contributed by atoms with Crippen LogP contribution in [-0.2, 0) is 11.2 Å². The van der Waals surface area contributed by atoms with Crippen LogP contribution in [-0.4, -0.2) is 17.2 Å². The van der Waals surface area contributed by atoms with E-state index in [-0.39, 0.29) is 0 Å². The van der Waals surface area contributed by atoms with Crippen molar-refractivity contribution in [2.24, 2.45) is 0 Å². The minimum absolute atomic E-state index is 0.387. The third kappa shape index (κ3) is 4.31. The van der Waals surface area contributed by atoms with E-state index in [2.05, 4.69) is 47.8 Å². The van der Waals surface area contributed by atoms with Gasteiger partial charge < -0.3 is 5.32 Å². The first-order valence-corrected chi connectivity index (χ1v) is 8.26. The fourth-order valence-electron chi connectivity index (χ4n) is 3.19. The number of rotatable bonds is 5. The van der Waals surface area contributed by atoms with Crippen molar-refractivity contribution in [3.63, 3.8) is 0 Å². The average Bonchev–Trinajstić information content (AvgIpc) is 3.09. The maximum Gasteiger partial charge on any atom is 0.267 e. The molecule has 2 atom stereocenters. The summed E-state index contributed by atoms with van der Waals surface area (Å²) in [5, 5.41) is 12.2. The molecule has 4 heteroatoms. The van der Waals surface area contributed by atoms with Crippen molar-refractivity contribution >= 4 is 12.0 Å². The van der Waals surface area contributed by atoms with Crippen molar-refractivity contribution in [1.82, 2.24) is 10.8 Å². The number of hydrogen-bond donors (Lipinski definition) is 3. The number of benzene rings is 2. The van der Waals surface area contributed by atoms with E-state index in [0.29, 0.717) is 12.1 Å². The fraction of sp³-hybridized carbons (Fsp3) is 0.250. The van der Waals surface area contributed by atoms with Gasteiger partial charge in [-0.1, -0.05) is 54.6 Å². The van der Waals surface area contributed by atoms with Crippen molar-refractivity contribution in [2.45, 2.75) is 31.3 Å². The van der Waals surface area contributed by atoms with Gasteiger partial charge in [0.25, 0.3) is 5.91 Å². The van der Waals surface area contributed by atoms with Crippen LogP contribution in [0.15, 0.2) is 60.7 Å². The molecule has 4 nitrogen and oxygen atoms in total. The van der Waals surface area contributed by atoms with Gasteiger partial charge in [-0.3, -0.25) is 10.0 Å². The molecule has 1 aliphatic rings. The summed E-state index contributed by atoms with van der Waals surface area (Å²) in [5.74, 6) is -0.528. The molecule has 1 heterocycles. The minimum atomic E-state index is -0.528. The molecule has 2 aromatic carbocycles. The second kappa shape index (κ2) is 7.90. The Labute approximate surface area is 142 Å². The monoisotopic (exact) mass is 322 g/mol. The quantitative estimate of drug-likeness (QED) is 0.450. The van der Waals surface area contributed by atoms with Gasteiger partial charge in [0.15, 0.2) is 0 Å². The highest BCUT2D eigenvalue weighted by Crippen LogP contribution is 2.28. The molecule has 2 unspecified atom stereocenters. The largest absolute Gasteiger partial charge is 0.307 e. The predicted molar refractivity (Wildman–Crippen MR) is 94.4 cm³/mol. The molecule has 3 rings (SSSR count). The topological polar surface area (TPSA) is 61.4 Å².